The van der Waals surface area contributed by atoms with E-state index in [1.165, 1.54) is 0 Å². The Morgan fingerprint density at radius 3 is 2.88 bits per heavy atom. The molecular formula is C17H21Cl2N3O4. The van der Waals surface area contributed by atoms with E-state index in [2.05, 4.69) is 17.1 Å². The summed E-state index contributed by atoms with van der Waals surface area (Å²) in [6, 6.07) is 5.07. The van der Waals surface area contributed by atoms with Gasteiger partial charge in [-0.1, -0.05) is 55.5 Å². The molecule has 0 aliphatic carbocycles. The first-order chi connectivity index (χ1) is 12.5. The van der Waals surface area contributed by atoms with Crippen LogP contribution in [0.1, 0.15) is 50.3 Å². The fraction of sp³-hybridized carbons (Fsp3) is 0.471. The summed E-state index contributed by atoms with van der Waals surface area (Å²) >= 11 is 12.0. The number of rotatable bonds is 11. The van der Waals surface area contributed by atoms with Crippen molar-refractivity contribution < 1.29 is 19.2 Å². The Hall–Kier alpha value is -1.83. The number of amides is 1. The van der Waals surface area contributed by atoms with Gasteiger partial charge in [0.1, 0.15) is 10.8 Å². The number of carbonyl (C=O) groups is 1. The van der Waals surface area contributed by atoms with Crippen molar-refractivity contribution in [1.82, 2.24) is 15.3 Å². The van der Waals surface area contributed by atoms with Crippen LogP contribution in [0.15, 0.2) is 22.6 Å². The Labute approximate surface area is 161 Å². The summed E-state index contributed by atoms with van der Waals surface area (Å²) in [5.41, 5.74) is 0. The lowest BCUT2D eigenvalue weighted by atomic mass is 10.0. The van der Waals surface area contributed by atoms with Gasteiger partial charge in [-0.3, -0.25) is 10.0 Å². The van der Waals surface area contributed by atoms with Crippen molar-refractivity contribution in [2.24, 2.45) is 0 Å². The molecule has 1 unspecified atom stereocenters. The van der Waals surface area contributed by atoms with Crippen LogP contribution in [0, 0.1) is 0 Å². The third kappa shape index (κ3) is 5.86. The zero-order valence-corrected chi connectivity index (χ0v) is 15.9. The van der Waals surface area contributed by atoms with Crippen molar-refractivity contribution in [1.29, 1.82) is 0 Å². The van der Waals surface area contributed by atoms with Crippen molar-refractivity contribution in [3.05, 3.63) is 40.0 Å². The second kappa shape index (κ2) is 10.4. The number of aromatic nitrogens is 2. The van der Waals surface area contributed by atoms with Crippen LogP contribution in [0.5, 0.6) is 5.75 Å². The topological polar surface area (TPSA) is 88.7 Å². The Bertz CT molecular complexity index is 711. The summed E-state index contributed by atoms with van der Waals surface area (Å²) in [5.74, 6) is 0.804. The summed E-state index contributed by atoms with van der Waals surface area (Å²) in [6.07, 6.45) is 4.11. The molecule has 0 aliphatic heterocycles. The molecular weight excluding hydrogens is 381 g/mol. The number of hydrogen-bond acceptors (Lipinski definition) is 6. The normalized spacial score (nSPS) is 12.0. The third-order valence-corrected chi connectivity index (χ3v) is 4.59. The molecule has 1 aromatic carbocycles. The standard InChI is InChI=1S/C17H21Cl2N3O4/c1-2-3-4-6-12(9-22(24)11-23)17-21-20-15(26-17)10-25-14-8-5-7-13(18)16(14)19/h5,7-8,11-12,24H,2-4,6,9-10H2,1H3. The van der Waals surface area contributed by atoms with E-state index in [1.54, 1.807) is 18.2 Å². The monoisotopic (exact) mass is 401 g/mol. The van der Waals surface area contributed by atoms with Gasteiger partial charge < -0.3 is 9.15 Å². The summed E-state index contributed by atoms with van der Waals surface area (Å²) < 4.78 is 11.2. The van der Waals surface area contributed by atoms with Crippen LogP contribution >= 0.6 is 23.2 Å². The first kappa shape index (κ1) is 20.5. The van der Waals surface area contributed by atoms with E-state index in [4.69, 9.17) is 32.4 Å². The highest BCUT2D eigenvalue weighted by atomic mass is 35.5. The zero-order chi connectivity index (χ0) is 18.9. The number of hydroxylamine groups is 2. The van der Waals surface area contributed by atoms with Gasteiger partial charge in [0.15, 0.2) is 6.61 Å². The molecule has 0 saturated carbocycles. The fourth-order valence-electron chi connectivity index (χ4n) is 2.43. The van der Waals surface area contributed by atoms with E-state index in [-0.39, 0.29) is 25.0 Å². The Morgan fingerprint density at radius 2 is 2.15 bits per heavy atom. The van der Waals surface area contributed by atoms with E-state index in [0.717, 1.165) is 25.7 Å². The van der Waals surface area contributed by atoms with Gasteiger partial charge in [0, 0.05) is 0 Å². The maximum Gasteiger partial charge on any atom is 0.253 e. The lowest BCUT2D eigenvalue weighted by molar-refractivity contribution is -0.151. The van der Waals surface area contributed by atoms with Gasteiger partial charge in [-0.05, 0) is 18.6 Å². The van der Waals surface area contributed by atoms with E-state index in [1.807, 2.05) is 0 Å². The summed E-state index contributed by atoms with van der Waals surface area (Å²) in [7, 11) is 0. The molecule has 0 spiro atoms. The van der Waals surface area contributed by atoms with Gasteiger partial charge in [-0.25, -0.2) is 5.06 Å². The average molecular weight is 402 g/mol. The predicted molar refractivity (Wildman–Crippen MR) is 96.5 cm³/mol. The molecule has 2 aromatic rings. The minimum Gasteiger partial charge on any atom is -0.482 e. The molecule has 0 saturated heterocycles. The lowest BCUT2D eigenvalue weighted by Gasteiger charge is -2.16. The van der Waals surface area contributed by atoms with E-state index in [9.17, 15) is 10.0 Å². The molecule has 9 heteroatoms. The first-order valence-corrected chi connectivity index (χ1v) is 9.10. The minimum atomic E-state index is -0.243. The second-order valence-electron chi connectivity index (χ2n) is 5.79. The molecule has 26 heavy (non-hydrogen) atoms. The second-order valence-corrected chi connectivity index (χ2v) is 6.58. The smallest absolute Gasteiger partial charge is 0.253 e. The molecule has 1 heterocycles. The molecule has 1 aromatic heterocycles. The largest absolute Gasteiger partial charge is 0.482 e. The molecule has 142 valence electrons. The molecule has 1 amide bonds. The molecule has 0 radical (unpaired) electrons. The fourth-order valence-corrected chi connectivity index (χ4v) is 2.77. The zero-order valence-electron chi connectivity index (χ0n) is 14.4. The van der Waals surface area contributed by atoms with Crippen LogP contribution in [0.25, 0.3) is 0 Å². The predicted octanol–water partition coefficient (Wildman–Crippen LogP) is 4.47. The third-order valence-electron chi connectivity index (χ3n) is 3.78. The van der Waals surface area contributed by atoms with Crippen molar-refractivity contribution in [2.75, 3.05) is 6.54 Å². The average Bonchev–Trinajstić information content (AvgIpc) is 3.11. The number of nitrogens with zero attached hydrogens (tertiary/aromatic N) is 3. The summed E-state index contributed by atoms with van der Waals surface area (Å²) in [5, 5.41) is 18.8. The van der Waals surface area contributed by atoms with Crippen LogP contribution < -0.4 is 4.74 Å². The number of benzene rings is 1. The number of hydrogen-bond donors (Lipinski definition) is 1. The van der Waals surface area contributed by atoms with Crippen LogP contribution in [-0.4, -0.2) is 33.4 Å². The molecule has 1 atom stereocenters. The Balaban J connectivity index is 2.02. The molecule has 0 aliphatic rings. The van der Waals surface area contributed by atoms with Gasteiger partial charge in [0.25, 0.3) is 5.89 Å². The molecule has 0 bridgehead atoms. The molecule has 1 N–H and O–H groups in total. The summed E-state index contributed by atoms with van der Waals surface area (Å²) in [6.45, 7) is 2.23. The number of carbonyl (C=O) groups excluding carboxylic acids is 1. The molecule has 0 fully saturated rings. The van der Waals surface area contributed by atoms with Crippen LogP contribution in [0.2, 0.25) is 10.0 Å². The lowest BCUT2D eigenvalue weighted by Crippen LogP contribution is -2.24. The number of unbranched alkanes of at least 4 members (excludes halogenated alkanes) is 2. The highest BCUT2D eigenvalue weighted by Gasteiger charge is 2.21. The number of ether oxygens (including phenoxy) is 1. The van der Waals surface area contributed by atoms with Crippen LogP contribution in [-0.2, 0) is 11.4 Å². The van der Waals surface area contributed by atoms with Crippen molar-refractivity contribution in [3.63, 3.8) is 0 Å². The van der Waals surface area contributed by atoms with Crippen molar-refractivity contribution >= 4 is 29.6 Å². The minimum absolute atomic E-state index is 0.0330. The van der Waals surface area contributed by atoms with Gasteiger partial charge in [0.2, 0.25) is 12.3 Å². The van der Waals surface area contributed by atoms with Gasteiger partial charge in [-0.2, -0.15) is 0 Å². The first-order valence-electron chi connectivity index (χ1n) is 8.35. The molecule has 2 rings (SSSR count). The molecule has 7 nitrogen and oxygen atoms in total. The highest BCUT2D eigenvalue weighted by molar-refractivity contribution is 6.42. The number of halogens is 2. The van der Waals surface area contributed by atoms with E-state index < -0.39 is 0 Å². The van der Waals surface area contributed by atoms with Gasteiger partial charge in [0.05, 0.1) is 17.5 Å². The quantitative estimate of drug-likeness (QED) is 0.258. The summed E-state index contributed by atoms with van der Waals surface area (Å²) in [4.78, 5) is 10.7. The van der Waals surface area contributed by atoms with Crippen molar-refractivity contribution in [3.8, 4) is 5.75 Å². The van der Waals surface area contributed by atoms with Crippen LogP contribution in [0.4, 0.5) is 0 Å². The maximum absolute atomic E-state index is 10.7. The van der Waals surface area contributed by atoms with Crippen LogP contribution in [0.3, 0.4) is 0 Å². The van der Waals surface area contributed by atoms with Gasteiger partial charge in [-0.15, -0.1) is 10.2 Å². The maximum atomic E-state index is 10.7. The Kier molecular flexibility index (Phi) is 8.15. The van der Waals surface area contributed by atoms with Gasteiger partial charge >= 0.3 is 0 Å². The highest BCUT2D eigenvalue weighted by Crippen LogP contribution is 2.32. The van der Waals surface area contributed by atoms with Crippen molar-refractivity contribution in [2.45, 2.75) is 45.1 Å². The van der Waals surface area contributed by atoms with E-state index in [0.29, 0.717) is 33.2 Å². The Morgan fingerprint density at radius 1 is 1.35 bits per heavy atom. The van der Waals surface area contributed by atoms with E-state index >= 15 is 0 Å². The SMILES string of the molecule is CCCCCC(CN(O)C=O)c1nnc(COc2cccc(Cl)c2Cl)o1.